The third kappa shape index (κ3) is 2.44. The van der Waals surface area contributed by atoms with Gasteiger partial charge in [-0.1, -0.05) is 11.3 Å². The van der Waals surface area contributed by atoms with E-state index in [1.165, 1.54) is 0 Å². The Morgan fingerprint density at radius 2 is 2.29 bits per heavy atom. The van der Waals surface area contributed by atoms with Gasteiger partial charge in [-0.25, -0.2) is 9.18 Å². The molecule has 2 N–H and O–H groups in total. The predicted octanol–water partition coefficient (Wildman–Crippen LogP) is 0.0221. The van der Waals surface area contributed by atoms with Crippen LogP contribution >= 0.6 is 11.3 Å². The van der Waals surface area contributed by atoms with Crippen molar-refractivity contribution in [3.63, 3.8) is 0 Å². The Kier molecular flexibility index (Phi) is 3.45. The molecule has 0 saturated carbocycles. The lowest BCUT2D eigenvalue weighted by atomic mass is 10.3. The Morgan fingerprint density at radius 1 is 1.64 bits per heavy atom. The van der Waals surface area contributed by atoms with E-state index >= 15 is 0 Å². The lowest BCUT2D eigenvalue weighted by molar-refractivity contribution is 0.0601. The summed E-state index contributed by atoms with van der Waals surface area (Å²) >= 11 is 0.629. The van der Waals surface area contributed by atoms with Gasteiger partial charge in [-0.05, 0) is 0 Å². The lowest BCUT2D eigenvalue weighted by Gasteiger charge is -1.97. The highest BCUT2D eigenvalue weighted by Crippen LogP contribution is 2.28. The molecule has 1 aromatic heterocycles. The summed E-state index contributed by atoms with van der Waals surface area (Å²) in [7, 11) is -0.929. The quantitative estimate of drug-likeness (QED) is 0.554. The summed E-state index contributed by atoms with van der Waals surface area (Å²) in [6.07, 6.45) is 0. The van der Waals surface area contributed by atoms with Crippen molar-refractivity contribution in [1.82, 2.24) is 0 Å². The summed E-state index contributed by atoms with van der Waals surface area (Å²) < 4.78 is 21.6. The first-order valence-corrected chi connectivity index (χ1v) is 4.26. The van der Waals surface area contributed by atoms with Crippen LogP contribution in [-0.4, -0.2) is 30.4 Å². The molecule has 8 heteroatoms. The number of rotatable bonds is 3. The van der Waals surface area contributed by atoms with Crippen LogP contribution in [0, 0.1) is 5.82 Å². The molecular weight excluding hydrogens is 214 g/mol. The molecule has 0 aliphatic heterocycles. The Balaban J connectivity index is 2.87. The smallest absolute Gasteiger partial charge is 0.504 e. The highest BCUT2D eigenvalue weighted by Gasteiger charge is 2.20. The van der Waals surface area contributed by atoms with E-state index in [0.717, 1.165) is 13.2 Å². The second-order valence-corrected chi connectivity index (χ2v) is 3.19. The van der Waals surface area contributed by atoms with E-state index in [1.54, 1.807) is 0 Å². The number of ether oxygens (including phenoxy) is 1. The van der Waals surface area contributed by atoms with Crippen molar-refractivity contribution < 1.29 is 28.6 Å². The normalized spacial score (nSPS) is 9.71. The van der Waals surface area contributed by atoms with Crippen molar-refractivity contribution in [3.8, 4) is 5.06 Å². The number of hydrogen-bond donors (Lipinski definition) is 2. The molecule has 0 aromatic carbocycles. The highest BCUT2D eigenvalue weighted by atomic mass is 32.1. The molecule has 0 saturated heterocycles. The number of methoxy groups -OCH3 is 1. The van der Waals surface area contributed by atoms with E-state index in [0.29, 0.717) is 11.3 Å². The maximum Gasteiger partial charge on any atom is 0.708 e. The summed E-state index contributed by atoms with van der Waals surface area (Å²) in [6.45, 7) is 0. The third-order valence-electron chi connectivity index (χ3n) is 1.26. The van der Waals surface area contributed by atoms with Crippen LogP contribution in [0.2, 0.25) is 0 Å². The summed E-state index contributed by atoms with van der Waals surface area (Å²) in [5.74, 6) is -1.66. The first-order chi connectivity index (χ1) is 6.54. The fraction of sp³-hybridized carbons (Fsp3) is 0.167. The van der Waals surface area contributed by atoms with E-state index < -0.39 is 19.1 Å². The van der Waals surface area contributed by atoms with Gasteiger partial charge in [0, 0.05) is 6.07 Å². The first kappa shape index (κ1) is 11.0. The number of carbonyl (C=O) groups excluding carboxylic acids is 1. The van der Waals surface area contributed by atoms with Gasteiger partial charge in [0.05, 0.1) is 7.11 Å². The maximum atomic E-state index is 13.0. The molecule has 1 heterocycles. The number of thiophene rings is 1. The van der Waals surface area contributed by atoms with Gasteiger partial charge < -0.3 is 19.4 Å². The molecule has 0 aliphatic rings. The number of halogens is 1. The third-order valence-corrected chi connectivity index (χ3v) is 2.24. The molecule has 14 heavy (non-hydrogen) atoms. The lowest BCUT2D eigenvalue weighted by Crippen LogP contribution is -2.19. The molecule has 0 fully saturated rings. The predicted molar refractivity (Wildman–Crippen MR) is 46.4 cm³/mol. The van der Waals surface area contributed by atoms with Gasteiger partial charge in [-0.3, -0.25) is 0 Å². The molecule has 5 nitrogen and oxygen atoms in total. The monoisotopic (exact) mass is 220 g/mol. The summed E-state index contributed by atoms with van der Waals surface area (Å²) in [6, 6.07) is 0.871. The van der Waals surface area contributed by atoms with Gasteiger partial charge in [0.2, 0.25) is 0 Å². The molecule has 0 amide bonds. The van der Waals surface area contributed by atoms with Crippen molar-refractivity contribution in [3.05, 3.63) is 16.8 Å². The summed E-state index contributed by atoms with van der Waals surface area (Å²) in [5.41, 5.74) is 0. The SMILES string of the molecule is COC(=O)c1sc(OB(O)O)cc1F. The van der Waals surface area contributed by atoms with Crippen LogP contribution in [0.25, 0.3) is 0 Å². The molecule has 0 atom stereocenters. The largest absolute Gasteiger partial charge is 0.708 e. The van der Waals surface area contributed by atoms with Crippen LogP contribution in [-0.2, 0) is 4.74 Å². The molecular formula is C6H6BFO5S. The average Bonchev–Trinajstić information content (AvgIpc) is 2.44. The Labute approximate surface area is 82.9 Å². The maximum absolute atomic E-state index is 13.0. The van der Waals surface area contributed by atoms with Gasteiger partial charge in [0.1, 0.15) is 0 Å². The van der Waals surface area contributed by atoms with Gasteiger partial charge in [0.25, 0.3) is 0 Å². The van der Waals surface area contributed by atoms with E-state index in [9.17, 15) is 9.18 Å². The van der Waals surface area contributed by atoms with Gasteiger partial charge in [-0.15, -0.1) is 0 Å². The number of esters is 1. The summed E-state index contributed by atoms with van der Waals surface area (Å²) in [4.78, 5) is 10.6. The minimum Gasteiger partial charge on any atom is -0.504 e. The Hall–Kier alpha value is -1.12. The Morgan fingerprint density at radius 3 is 2.79 bits per heavy atom. The highest BCUT2D eigenvalue weighted by molar-refractivity contribution is 7.15. The fourth-order valence-electron chi connectivity index (χ4n) is 0.742. The van der Waals surface area contributed by atoms with Crippen molar-refractivity contribution >= 4 is 24.6 Å². The van der Waals surface area contributed by atoms with Crippen molar-refractivity contribution in [2.75, 3.05) is 7.11 Å². The van der Waals surface area contributed by atoms with Crippen LogP contribution in [0.4, 0.5) is 4.39 Å². The summed E-state index contributed by atoms with van der Waals surface area (Å²) in [5, 5.41) is 16.7. The number of hydrogen-bond acceptors (Lipinski definition) is 6. The second-order valence-electron chi connectivity index (χ2n) is 2.18. The molecule has 0 spiro atoms. The minimum absolute atomic E-state index is 0.113. The van der Waals surface area contributed by atoms with Gasteiger partial charge in [0.15, 0.2) is 15.8 Å². The van der Waals surface area contributed by atoms with Gasteiger partial charge >= 0.3 is 13.3 Å². The van der Waals surface area contributed by atoms with Crippen molar-refractivity contribution in [2.24, 2.45) is 0 Å². The molecule has 76 valence electrons. The van der Waals surface area contributed by atoms with Crippen LogP contribution in [0.15, 0.2) is 6.07 Å². The van der Waals surface area contributed by atoms with Crippen molar-refractivity contribution in [2.45, 2.75) is 0 Å². The van der Waals surface area contributed by atoms with Crippen LogP contribution in [0.1, 0.15) is 9.67 Å². The van der Waals surface area contributed by atoms with Crippen LogP contribution in [0.3, 0.4) is 0 Å². The molecule has 1 rings (SSSR count). The molecule has 1 aromatic rings. The molecule has 0 radical (unpaired) electrons. The second kappa shape index (κ2) is 4.40. The average molecular weight is 220 g/mol. The first-order valence-electron chi connectivity index (χ1n) is 3.45. The number of carbonyl (C=O) groups is 1. The standard InChI is InChI=1S/C6H6BFO5S/c1-12-6(9)5-3(8)2-4(14-5)13-7(10)11/h2,10-11H,1H3. The van der Waals surface area contributed by atoms with Crippen LogP contribution in [0.5, 0.6) is 5.06 Å². The van der Waals surface area contributed by atoms with E-state index in [2.05, 4.69) is 9.39 Å². The fourth-order valence-corrected chi connectivity index (χ4v) is 1.56. The zero-order valence-electron chi connectivity index (χ0n) is 7.06. The van der Waals surface area contributed by atoms with Crippen LogP contribution < -0.4 is 4.65 Å². The van der Waals surface area contributed by atoms with Crippen molar-refractivity contribution in [1.29, 1.82) is 0 Å². The zero-order chi connectivity index (χ0) is 10.7. The topological polar surface area (TPSA) is 76.0 Å². The van der Waals surface area contributed by atoms with Gasteiger partial charge in [-0.2, -0.15) is 0 Å². The van der Waals surface area contributed by atoms with E-state index in [1.807, 2.05) is 0 Å². The zero-order valence-corrected chi connectivity index (χ0v) is 7.88. The Bertz CT molecular complexity index is 339. The molecule has 0 aliphatic carbocycles. The van der Waals surface area contributed by atoms with E-state index in [4.69, 9.17) is 10.0 Å². The molecule has 0 unspecified atom stereocenters. The molecule has 0 bridgehead atoms. The minimum atomic E-state index is -2.04. The van der Waals surface area contributed by atoms with E-state index in [-0.39, 0.29) is 9.94 Å².